The summed E-state index contributed by atoms with van der Waals surface area (Å²) in [5, 5.41) is 9.03. The summed E-state index contributed by atoms with van der Waals surface area (Å²) < 4.78 is 65.0. The van der Waals surface area contributed by atoms with Gasteiger partial charge in [-0.05, 0) is 31.6 Å². The number of hydrogen-bond acceptors (Lipinski definition) is 1. The second-order valence-electron chi connectivity index (χ2n) is 4.32. The molecule has 0 atom stereocenters. The second kappa shape index (κ2) is 6.47. The maximum Gasteiger partial charge on any atom is 0.397 e. The predicted octanol–water partition coefficient (Wildman–Crippen LogP) is 4.06. The third kappa shape index (κ3) is 11.8. The van der Waals surface area contributed by atoms with Gasteiger partial charge in [0.2, 0.25) is 0 Å². The summed E-state index contributed by atoms with van der Waals surface area (Å²) in [6.07, 6.45) is -8.47. The lowest BCUT2D eigenvalue weighted by molar-refractivity contribution is -0.232. The Morgan fingerprint density at radius 3 is 1.41 bits per heavy atom. The molecule has 0 bridgehead atoms. The average molecular weight is 266 g/mol. The van der Waals surface area contributed by atoms with Crippen LogP contribution < -0.4 is 0 Å². The predicted molar refractivity (Wildman–Crippen MR) is 50.4 cm³/mol. The first-order valence-corrected chi connectivity index (χ1v) is 5.31. The molecule has 1 saturated carbocycles. The van der Waals surface area contributed by atoms with Gasteiger partial charge in [-0.2, -0.15) is 26.3 Å². The van der Waals surface area contributed by atoms with E-state index in [9.17, 15) is 26.3 Å². The summed E-state index contributed by atoms with van der Waals surface area (Å²) in [4.78, 5) is 0. The Morgan fingerprint density at radius 2 is 1.24 bits per heavy atom. The molecule has 1 nitrogen and oxygen atoms in total. The van der Waals surface area contributed by atoms with Gasteiger partial charge < -0.3 is 5.11 Å². The van der Waals surface area contributed by atoms with Gasteiger partial charge >= 0.3 is 12.4 Å². The second-order valence-corrected chi connectivity index (χ2v) is 4.32. The molecule has 1 N–H and O–H groups in total. The quantitative estimate of drug-likeness (QED) is 0.655. The Hall–Kier alpha value is -0.460. The molecule has 1 fully saturated rings. The van der Waals surface area contributed by atoms with Gasteiger partial charge in [0.15, 0.2) is 0 Å². The molecule has 0 unspecified atom stereocenters. The van der Waals surface area contributed by atoms with Crippen LogP contribution in [0.25, 0.3) is 0 Å². The fourth-order valence-corrected chi connectivity index (χ4v) is 1.47. The van der Waals surface area contributed by atoms with E-state index in [0.29, 0.717) is 0 Å². The number of hydrogen-bond donors (Lipinski definition) is 1. The summed E-state index contributed by atoms with van der Waals surface area (Å²) in [5.41, 5.74) is 0. The molecule has 0 spiro atoms. The van der Waals surface area contributed by atoms with Crippen LogP contribution in [0.5, 0.6) is 0 Å². The van der Waals surface area contributed by atoms with E-state index >= 15 is 0 Å². The summed E-state index contributed by atoms with van der Waals surface area (Å²) >= 11 is 0. The highest BCUT2D eigenvalue weighted by Gasteiger charge is 2.43. The number of alkyl halides is 6. The van der Waals surface area contributed by atoms with E-state index in [1.165, 1.54) is 12.8 Å². The van der Waals surface area contributed by atoms with Crippen molar-refractivity contribution in [1.82, 2.24) is 0 Å². The standard InChI is InChI=1S/C7H14O.C3H2F6/c1-6-2-4-7(8)5-3-6;4-2(5,6)1-3(7,8)9/h6-8H,2-5H2,1H3;1H2. The number of halogens is 6. The third-order valence-corrected chi connectivity index (χ3v) is 2.39. The first-order chi connectivity index (χ1) is 7.49. The molecule has 7 heteroatoms. The molecule has 1 aliphatic rings. The molecule has 0 aromatic rings. The maximum absolute atomic E-state index is 10.8. The lowest BCUT2D eigenvalue weighted by atomic mass is 9.89. The van der Waals surface area contributed by atoms with Gasteiger partial charge in [-0.1, -0.05) is 6.92 Å². The minimum Gasteiger partial charge on any atom is -0.393 e. The number of rotatable bonds is 0. The average Bonchev–Trinajstić information content (AvgIpc) is 2.04. The van der Waals surface area contributed by atoms with Crippen molar-refractivity contribution in [3.8, 4) is 0 Å². The van der Waals surface area contributed by atoms with Crippen LogP contribution >= 0.6 is 0 Å². The van der Waals surface area contributed by atoms with E-state index in [2.05, 4.69) is 6.92 Å². The fourth-order valence-electron chi connectivity index (χ4n) is 1.47. The topological polar surface area (TPSA) is 20.2 Å². The van der Waals surface area contributed by atoms with Gasteiger partial charge in [0.1, 0.15) is 6.42 Å². The number of aliphatic hydroxyl groups is 1. The molecule has 0 aromatic heterocycles. The van der Waals surface area contributed by atoms with Crippen molar-refractivity contribution in [3.05, 3.63) is 0 Å². The van der Waals surface area contributed by atoms with Crippen LogP contribution in [0.2, 0.25) is 0 Å². The zero-order valence-corrected chi connectivity index (χ0v) is 9.41. The Bertz CT molecular complexity index is 180. The first-order valence-electron chi connectivity index (χ1n) is 5.31. The van der Waals surface area contributed by atoms with Gasteiger partial charge in [-0.15, -0.1) is 0 Å². The molecular formula is C10H16F6O. The van der Waals surface area contributed by atoms with Crippen LogP contribution in [-0.2, 0) is 0 Å². The molecule has 1 rings (SSSR count). The van der Waals surface area contributed by atoms with Gasteiger partial charge in [-0.25, -0.2) is 0 Å². The van der Waals surface area contributed by atoms with Gasteiger partial charge in [0.05, 0.1) is 6.10 Å². The van der Waals surface area contributed by atoms with Crippen LogP contribution in [0.3, 0.4) is 0 Å². The molecule has 0 aromatic carbocycles. The molecule has 0 amide bonds. The molecule has 0 heterocycles. The van der Waals surface area contributed by atoms with Crippen molar-refractivity contribution in [1.29, 1.82) is 0 Å². The van der Waals surface area contributed by atoms with E-state index in [4.69, 9.17) is 5.11 Å². The van der Waals surface area contributed by atoms with E-state index < -0.39 is 18.8 Å². The molecular weight excluding hydrogens is 250 g/mol. The highest BCUT2D eigenvalue weighted by molar-refractivity contribution is 4.67. The normalized spacial score (nSPS) is 26.1. The van der Waals surface area contributed by atoms with Crippen molar-refractivity contribution in [3.63, 3.8) is 0 Å². The monoisotopic (exact) mass is 266 g/mol. The summed E-state index contributed by atoms with van der Waals surface area (Å²) in [7, 11) is 0. The van der Waals surface area contributed by atoms with Gasteiger partial charge in [0.25, 0.3) is 0 Å². The maximum atomic E-state index is 10.8. The van der Waals surface area contributed by atoms with Crippen LogP contribution in [0, 0.1) is 5.92 Å². The third-order valence-electron chi connectivity index (χ3n) is 2.39. The summed E-state index contributed by atoms with van der Waals surface area (Å²) in [6.45, 7) is 2.26. The SMILES string of the molecule is CC1CCC(O)CC1.FC(F)(F)CC(F)(F)F. The minimum absolute atomic E-state index is 0.0196. The van der Waals surface area contributed by atoms with Crippen LogP contribution in [0.4, 0.5) is 26.3 Å². The fraction of sp³-hybridized carbons (Fsp3) is 1.00. The smallest absolute Gasteiger partial charge is 0.393 e. The molecule has 1 aliphatic carbocycles. The van der Waals surface area contributed by atoms with Crippen molar-refractivity contribution in [2.75, 3.05) is 0 Å². The van der Waals surface area contributed by atoms with E-state index in [-0.39, 0.29) is 6.10 Å². The Balaban J connectivity index is 0.000000302. The number of aliphatic hydroxyl groups excluding tert-OH is 1. The molecule has 0 saturated heterocycles. The lowest BCUT2D eigenvalue weighted by Gasteiger charge is -2.21. The minimum atomic E-state index is -5.14. The first kappa shape index (κ1) is 16.5. The van der Waals surface area contributed by atoms with Crippen molar-refractivity contribution in [2.24, 2.45) is 5.92 Å². The summed E-state index contributed by atoms with van der Waals surface area (Å²) in [6, 6.07) is 0. The zero-order chi connectivity index (χ0) is 13.7. The molecule has 17 heavy (non-hydrogen) atoms. The Morgan fingerprint density at radius 1 is 0.882 bits per heavy atom. The lowest BCUT2D eigenvalue weighted by Crippen LogP contribution is -2.20. The van der Waals surface area contributed by atoms with Crippen molar-refractivity contribution >= 4 is 0 Å². The van der Waals surface area contributed by atoms with Crippen LogP contribution in [0.1, 0.15) is 39.0 Å². The van der Waals surface area contributed by atoms with Crippen molar-refractivity contribution < 1.29 is 31.4 Å². The van der Waals surface area contributed by atoms with Gasteiger partial charge in [0, 0.05) is 0 Å². The van der Waals surface area contributed by atoms with Crippen LogP contribution in [-0.4, -0.2) is 23.6 Å². The highest BCUT2D eigenvalue weighted by Crippen LogP contribution is 2.31. The molecule has 0 radical (unpaired) electrons. The summed E-state index contributed by atoms with van der Waals surface area (Å²) in [5.74, 6) is 0.860. The van der Waals surface area contributed by atoms with Crippen molar-refractivity contribution in [2.45, 2.75) is 57.5 Å². The molecule has 104 valence electrons. The highest BCUT2D eigenvalue weighted by atomic mass is 19.4. The Labute approximate surface area is 95.8 Å². The largest absolute Gasteiger partial charge is 0.397 e. The van der Waals surface area contributed by atoms with Gasteiger partial charge in [-0.3, -0.25) is 0 Å². The van der Waals surface area contributed by atoms with E-state index in [1.54, 1.807) is 0 Å². The zero-order valence-electron chi connectivity index (χ0n) is 9.41. The van der Waals surface area contributed by atoms with E-state index in [1.807, 2.05) is 0 Å². The molecule has 0 aliphatic heterocycles. The van der Waals surface area contributed by atoms with Crippen LogP contribution in [0.15, 0.2) is 0 Å². The van der Waals surface area contributed by atoms with E-state index in [0.717, 1.165) is 18.8 Å². The Kier molecular flexibility index (Phi) is 6.29.